The summed E-state index contributed by atoms with van der Waals surface area (Å²) in [6.45, 7) is 2.27. The van der Waals surface area contributed by atoms with E-state index in [0.29, 0.717) is 6.54 Å². The highest BCUT2D eigenvalue weighted by molar-refractivity contribution is 6.62. The van der Waals surface area contributed by atoms with Gasteiger partial charge in [-0.1, -0.05) is 0 Å². The summed E-state index contributed by atoms with van der Waals surface area (Å²) in [5.41, 5.74) is 0. The van der Waals surface area contributed by atoms with Crippen molar-refractivity contribution in [2.24, 2.45) is 0 Å². The Labute approximate surface area is 81.8 Å². The van der Waals surface area contributed by atoms with E-state index in [-0.39, 0.29) is 18.6 Å². The van der Waals surface area contributed by atoms with Gasteiger partial charge in [0.25, 0.3) is 0 Å². The molecule has 5 heteroatoms. The van der Waals surface area contributed by atoms with Crippen LogP contribution in [0, 0.1) is 0 Å². The molecule has 1 saturated heterocycles. The van der Waals surface area contributed by atoms with Gasteiger partial charge in [-0.05, 0) is 24.4 Å². The fraction of sp³-hybridized carbons (Fsp3) is 0.750. The van der Waals surface area contributed by atoms with E-state index in [1.807, 2.05) is 0 Å². The number of ether oxygens (including phenoxy) is 1. The Morgan fingerprint density at radius 2 is 2.31 bits per heavy atom. The molecule has 0 aromatic rings. The van der Waals surface area contributed by atoms with E-state index >= 15 is 0 Å². The molecule has 0 aliphatic carbocycles. The van der Waals surface area contributed by atoms with Crippen molar-refractivity contribution in [2.75, 3.05) is 13.2 Å². The second kappa shape index (κ2) is 4.46. The molecule has 1 aliphatic rings. The zero-order valence-electron chi connectivity index (χ0n) is 7.46. The summed E-state index contributed by atoms with van der Waals surface area (Å²) in [7, 11) is 0. The van der Waals surface area contributed by atoms with E-state index in [4.69, 9.17) is 16.3 Å². The fourth-order valence-electron chi connectivity index (χ4n) is 1.45. The van der Waals surface area contributed by atoms with Crippen molar-refractivity contribution in [3.63, 3.8) is 0 Å². The third-order valence-corrected chi connectivity index (χ3v) is 2.30. The van der Waals surface area contributed by atoms with Crippen LogP contribution in [0.25, 0.3) is 0 Å². The average Bonchev–Trinajstić information content (AvgIpc) is 2.47. The molecule has 4 nitrogen and oxygen atoms in total. The van der Waals surface area contributed by atoms with Crippen LogP contribution in [-0.2, 0) is 9.53 Å². The molecular weight excluding hydrogens is 194 g/mol. The normalized spacial score (nSPS) is 21.7. The molecule has 0 N–H and O–H groups in total. The molecule has 1 unspecified atom stereocenters. The molecule has 0 spiro atoms. The maximum atomic E-state index is 10.9. The second-order valence-electron chi connectivity index (χ2n) is 3.04. The van der Waals surface area contributed by atoms with Crippen LogP contribution in [0.5, 0.6) is 0 Å². The minimum Gasteiger partial charge on any atom is -0.464 e. The quantitative estimate of drug-likeness (QED) is 0.389. The maximum Gasteiger partial charge on any atom is 0.316 e. The minimum atomic E-state index is -0.463. The Hall–Kier alpha value is -0.770. The molecule has 0 bridgehead atoms. The standard InChI is InChI=1S/C8H12ClNO3/c1-6(11)13-5-7-3-2-4-10(7)8(9)12/h7H,2-5H2,1H3. The predicted molar refractivity (Wildman–Crippen MR) is 47.6 cm³/mol. The highest BCUT2D eigenvalue weighted by Gasteiger charge is 2.28. The lowest BCUT2D eigenvalue weighted by Crippen LogP contribution is -2.35. The third kappa shape index (κ3) is 2.88. The van der Waals surface area contributed by atoms with Crippen LogP contribution in [0.15, 0.2) is 0 Å². The lowest BCUT2D eigenvalue weighted by Gasteiger charge is -2.20. The first kappa shape index (κ1) is 10.3. The first-order chi connectivity index (χ1) is 6.11. The number of nitrogens with zero attached hydrogens (tertiary/aromatic N) is 1. The molecule has 0 aromatic heterocycles. The SMILES string of the molecule is CC(=O)OCC1CCCN1C(=O)Cl. The van der Waals surface area contributed by atoms with Crippen molar-refractivity contribution in [3.05, 3.63) is 0 Å². The molecular formula is C8H12ClNO3. The van der Waals surface area contributed by atoms with Crippen LogP contribution < -0.4 is 0 Å². The van der Waals surface area contributed by atoms with E-state index < -0.39 is 5.37 Å². The Kier molecular flexibility index (Phi) is 3.54. The van der Waals surface area contributed by atoms with E-state index in [9.17, 15) is 9.59 Å². The first-order valence-corrected chi connectivity index (χ1v) is 4.58. The summed E-state index contributed by atoms with van der Waals surface area (Å²) >= 11 is 5.34. The fourth-order valence-corrected chi connectivity index (χ4v) is 1.68. The summed E-state index contributed by atoms with van der Waals surface area (Å²) in [6, 6.07) is -0.0334. The van der Waals surface area contributed by atoms with Gasteiger partial charge in [-0.2, -0.15) is 0 Å². The summed E-state index contributed by atoms with van der Waals surface area (Å²) in [5, 5.41) is -0.463. The Bertz CT molecular complexity index is 219. The number of carbonyl (C=O) groups is 2. The molecule has 1 fully saturated rings. The van der Waals surface area contributed by atoms with Crippen LogP contribution in [0.3, 0.4) is 0 Å². The summed E-state index contributed by atoms with van der Waals surface area (Å²) in [6.07, 6.45) is 1.77. The molecule has 0 saturated carbocycles. The van der Waals surface area contributed by atoms with Crippen LogP contribution >= 0.6 is 11.6 Å². The number of likely N-dealkylation sites (tertiary alicyclic amines) is 1. The average molecular weight is 206 g/mol. The van der Waals surface area contributed by atoms with Gasteiger partial charge in [0.05, 0.1) is 6.04 Å². The van der Waals surface area contributed by atoms with Gasteiger partial charge in [0, 0.05) is 13.5 Å². The van der Waals surface area contributed by atoms with E-state index in [2.05, 4.69) is 0 Å². The summed E-state index contributed by atoms with van der Waals surface area (Å²) in [5.74, 6) is -0.325. The smallest absolute Gasteiger partial charge is 0.316 e. The molecule has 13 heavy (non-hydrogen) atoms. The topological polar surface area (TPSA) is 46.6 Å². The molecule has 0 radical (unpaired) electrons. The van der Waals surface area contributed by atoms with Crippen LogP contribution in [0.1, 0.15) is 19.8 Å². The zero-order chi connectivity index (χ0) is 9.84. The van der Waals surface area contributed by atoms with Gasteiger partial charge < -0.3 is 9.64 Å². The van der Waals surface area contributed by atoms with Crippen molar-refractivity contribution in [2.45, 2.75) is 25.8 Å². The molecule has 1 rings (SSSR count). The number of esters is 1. The number of carbonyl (C=O) groups excluding carboxylic acids is 2. The Balaban J connectivity index is 2.39. The van der Waals surface area contributed by atoms with Gasteiger partial charge in [-0.3, -0.25) is 9.59 Å². The highest BCUT2D eigenvalue weighted by Crippen LogP contribution is 2.19. The van der Waals surface area contributed by atoms with Crippen molar-refractivity contribution in [3.8, 4) is 0 Å². The summed E-state index contributed by atoms with van der Waals surface area (Å²) in [4.78, 5) is 22.9. The molecule has 1 amide bonds. The largest absolute Gasteiger partial charge is 0.464 e. The Morgan fingerprint density at radius 3 is 2.85 bits per heavy atom. The number of hydrogen-bond donors (Lipinski definition) is 0. The second-order valence-corrected chi connectivity index (χ2v) is 3.37. The predicted octanol–water partition coefficient (Wildman–Crippen LogP) is 1.37. The lowest BCUT2D eigenvalue weighted by molar-refractivity contribution is -0.142. The van der Waals surface area contributed by atoms with Crippen molar-refractivity contribution < 1.29 is 14.3 Å². The van der Waals surface area contributed by atoms with Crippen LogP contribution in [-0.4, -0.2) is 35.4 Å². The van der Waals surface area contributed by atoms with Gasteiger partial charge in [-0.15, -0.1) is 0 Å². The monoisotopic (exact) mass is 205 g/mol. The van der Waals surface area contributed by atoms with Crippen LogP contribution in [0.4, 0.5) is 4.79 Å². The molecule has 74 valence electrons. The van der Waals surface area contributed by atoms with E-state index in [1.165, 1.54) is 11.8 Å². The Morgan fingerprint density at radius 1 is 1.62 bits per heavy atom. The van der Waals surface area contributed by atoms with Crippen molar-refractivity contribution in [1.29, 1.82) is 0 Å². The number of hydrogen-bond acceptors (Lipinski definition) is 3. The van der Waals surface area contributed by atoms with E-state index in [1.54, 1.807) is 0 Å². The van der Waals surface area contributed by atoms with Gasteiger partial charge in [0.1, 0.15) is 6.61 Å². The number of halogens is 1. The molecule has 1 heterocycles. The maximum absolute atomic E-state index is 10.9. The van der Waals surface area contributed by atoms with Gasteiger partial charge in [-0.25, -0.2) is 0 Å². The highest BCUT2D eigenvalue weighted by atomic mass is 35.5. The third-order valence-electron chi connectivity index (χ3n) is 2.08. The summed E-state index contributed by atoms with van der Waals surface area (Å²) < 4.78 is 4.81. The van der Waals surface area contributed by atoms with E-state index in [0.717, 1.165) is 12.8 Å². The molecule has 1 atom stereocenters. The van der Waals surface area contributed by atoms with Gasteiger partial charge in [0.2, 0.25) is 0 Å². The zero-order valence-corrected chi connectivity index (χ0v) is 8.21. The number of rotatable bonds is 2. The number of amides is 1. The minimum absolute atomic E-state index is 0.0334. The first-order valence-electron chi connectivity index (χ1n) is 4.20. The van der Waals surface area contributed by atoms with Crippen LogP contribution in [0.2, 0.25) is 0 Å². The van der Waals surface area contributed by atoms with Crippen molar-refractivity contribution in [1.82, 2.24) is 4.90 Å². The molecule has 1 aliphatic heterocycles. The van der Waals surface area contributed by atoms with Crippen molar-refractivity contribution >= 4 is 22.9 Å². The molecule has 0 aromatic carbocycles. The van der Waals surface area contributed by atoms with Gasteiger partial charge >= 0.3 is 11.3 Å². The lowest BCUT2D eigenvalue weighted by atomic mass is 10.2. The van der Waals surface area contributed by atoms with Gasteiger partial charge in [0.15, 0.2) is 0 Å².